The molecule has 1 unspecified atom stereocenters. The summed E-state index contributed by atoms with van der Waals surface area (Å²) in [4.78, 5) is 9.43. The van der Waals surface area contributed by atoms with Crippen LogP contribution in [0.15, 0.2) is 88.9 Å². The van der Waals surface area contributed by atoms with Crippen LogP contribution in [0.4, 0.5) is 5.69 Å². The SMILES string of the molecule is CC(c1ccccc1)(C1CCN(CC2CN(c3ccc(S(=O)(=O)c4ccncc4)cc3)C2)CC1)[C@@H]1CCC[C@H]1CS(C)(=O)=O. The third-order valence-corrected chi connectivity index (χ3v) is 13.5. The molecule has 44 heavy (non-hydrogen) atoms. The molecule has 3 fully saturated rings. The standard InChI is InChI=1S/C35H45N3O4S2/c1-35(29-8-4-3-5-9-29,34-10-6-7-28(34)26-43(2,39)40)30-17-21-37(22-18-30)23-27-24-38(25-27)31-11-13-32(14-12-31)44(41,42)33-15-19-36-20-16-33/h3-5,8-9,11-16,19-20,27-28,30,34H,6-7,10,17-18,21-26H2,1-2H3/t28-,34+,35?/m0/s1. The minimum atomic E-state index is -3.54. The summed E-state index contributed by atoms with van der Waals surface area (Å²) in [6.45, 7) is 7.63. The van der Waals surface area contributed by atoms with E-state index in [1.807, 2.05) is 12.1 Å². The number of sulfone groups is 2. The predicted molar refractivity (Wildman–Crippen MR) is 175 cm³/mol. The lowest BCUT2D eigenvalue weighted by Gasteiger charge is -2.50. The molecule has 1 saturated carbocycles. The van der Waals surface area contributed by atoms with E-state index in [9.17, 15) is 16.8 Å². The number of aromatic nitrogens is 1. The zero-order valence-corrected chi connectivity index (χ0v) is 27.5. The monoisotopic (exact) mass is 635 g/mol. The van der Waals surface area contributed by atoms with Gasteiger partial charge in [-0.15, -0.1) is 0 Å². The van der Waals surface area contributed by atoms with Gasteiger partial charge >= 0.3 is 0 Å². The second-order valence-electron chi connectivity index (χ2n) is 13.6. The van der Waals surface area contributed by atoms with Gasteiger partial charge < -0.3 is 9.80 Å². The molecule has 2 aliphatic heterocycles. The quantitative estimate of drug-likeness (QED) is 0.292. The molecular weight excluding hydrogens is 591 g/mol. The summed E-state index contributed by atoms with van der Waals surface area (Å²) in [5, 5.41) is 0. The summed E-state index contributed by atoms with van der Waals surface area (Å²) >= 11 is 0. The van der Waals surface area contributed by atoms with Crippen LogP contribution in [0.25, 0.3) is 0 Å². The van der Waals surface area contributed by atoms with Gasteiger partial charge in [0.1, 0.15) is 9.84 Å². The summed E-state index contributed by atoms with van der Waals surface area (Å²) in [7, 11) is -6.56. The number of rotatable bonds is 10. The maximum atomic E-state index is 12.9. The van der Waals surface area contributed by atoms with Crippen molar-refractivity contribution in [3.8, 4) is 0 Å². The van der Waals surface area contributed by atoms with Crippen LogP contribution in [-0.4, -0.2) is 71.5 Å². The fraction of sp³-hybridized carbons (Fsp3) is 0.514. The maximum Gasteiger partial charge on any atom is 0.206 e. The van der Waals surface area contributed by atoms with Gasteiger partial charge in [0.2, 0.25) is 9.84 Å². The largest absolute Gasteiger partial charge is 0.371 e. The molecule has 0 amide bonds. The van der Waals surface area contributed by atoms with Crippen molar-refractivity contribution in [1.82, 2.24) is 9.88 Å². The van der Waals surface area contributed by atoms with Crippen molar-refractivity contribution in [2.45, 2.75) is 54.2 Å². The van der Waals surface area contributed by atoms with Crippen LogP contribution >= 0.6 is 0 Å². The summed E-state index contributed by atoms with van der Waals surface area (Å²) in [6, 6.07) is 21.2. The average molecular weight is 636 g/mol. The Hall–Kier alpha value is -2.75. The first kappa shape index (κ1) is 31.2. The highest BCUT2D eigenvalue weighted by Gasteiger charge is 2.48. The molecule has 0 spiro atoms. The van der Waals surface area contributed by atoms with Crippen molar-refractivity contribution in [3.63, 3.8) is 0 Å². The van der Waals surface area contributed by atoms with E-state index in [0.29, 0.717) is 28.4 Å². The van der Waals surface area contributed by atoms with Gasteiger partial charge in [-0.1, -0.05) is 43.7 Å². The molecule has 2 saturated heterocycles. The van der Waals surface area contributed by atoms with Crippen molar-refractivity contribution in [3.05, 3.63) is 84.7 Å². The number of piperidine rings is 1. The number of pyridine rings is 1. The third kappa shape index (κ3) is 6.46. The lowest BCUT2D eigenvalue weighted by molar-refractivity contribution is 0.0748. The topological polar surface area (TPSA) is 87.7 Å². The van der Waals surface area contributed by atoms with E-state index < -0.39 is 19.7 Å². The predicted octanol–water partition coefficient (Wildman–Crippen LogP) is 5.48. The van der Waals surface area contributed by atoms with Crippen molar-refractivity contribution >= 4 is 25.4 Å². The Morgan fingerprint density at radius 2 is 1.45 bits per heavy atom. The van der Waals surface area contributed by atoms with Crippen LogP contribution in [0.2, 0.25) is 0 Å². The molecule has 3 aromatic rings. The summed E-state index contributed by atoms with van der Waals surface area (Å²) in [5.41, 5.74) is 2.41. The van der Waals surface area contributed by atoms with Gasteiger partial charge in [0.25, 0.3) is 0 Å². The van der Waals surface area contributed by atoms with Gasteiger partial charge in [-0.3, -0.25) is 4.98 Å². The molecule has 3 aliphatic rings. The molecule has 1 aliphatic carbocycles. The zero-order valence-electron chi connectivity index (χ0n) is 25.9. The molecule has 3 heterocycles. The zero-order chi connectivity index (χ0) is 31.0. The van der Waals surface area contributed by atoms with E-state index in [0.717, 1.165) is 70.5 Å². The Labute approximate surface area is 263 Å². The van der Waals surface area contributed by atoms with E-state index in [2.05, 4.69) is 52.0 Å². The van der Waals surface area contributed by atoms with E-state index in [1.165, 1.54) is 36.3 Å². The van der Waals surface area contributed by atoms with Gasteiger partial charge in [0.15, 0.2) is 0 Å². The third-order valence-electron chi connectivity index (χ3n) is 10.7. The Kier molecular flexibility index (Phi) is 8.92. The number of nitrogens with zero attached hydrogens (tertiary/aromatic N) is 3. The highest BCUT2D eigenvalue weighted by Crippen LogP contribution is 2.52. The first-order valence-corrected chi connectivity index (χ1v) is 19.5. The lowest BCUT2D eigenvalue weighted by atomic mass is 9.59. The van der Waals surface area contributed by atoms with Crippen LogP contribution in [-0.2, 0) is 25.1 Å². The maximum absolute atomic E-state index is 12.9. The van der Waals surface area contributed by atoms with Crippen LogP contribution in [0, 0.1) is 23.7 Å². The summed E-state index contributed by atoms with van der Waals surface area (Å²) < 4.78 is 50.5. The Balaban J connectivity index is 1.05. The Bertz CT molecular complexity index is 1620. The smallest absolute Gasteiger partial charge is 0.206 e. The van der Waals surface area contributed by atoms with Crippen molar-refractivity contribution in [2.24, 2.45) is 23.7 Å². The van der Waals surface area contributed by atoms with Crippen LogP contribution in [0.5, 0.6) is 0 Å². The molecular formula is C35H45N3O4S2. The van der Waals surface area contributed by atoms with E-state index in [1.54, 1.807) is 12.1 Å². The molecule has 0 bridgehead atoms. The number of likely N-dealkylation sites (tertiary alicyclic amines) is 1. The van der Waals surface area contributed by atoms with Gasteiger partial charge in [-0.05, 0) is 104 Å². The summed E-state index contributed by atoms with van der Waals surface area (Å²) in [6.07, 6.45) is 9.91. The first-order chi connectivity index (χ1) is 21.0. The molecule has 3 atom stereocenters. The number of anilines is 1. The van der Waals surface area contributed by atoms with Gasteiger partial charge in [-0.25, -0.2) is 16.8 Å². The van der Waals surface area contributed by atoms with Gasteiger partial charge in [0.05, 0.1) is 15.5 Å². The molecule has 0 radical (unpaired) electrons. The molecule has 9 heteroatoms. The second kappa shape index (κ2) is 12.6. The van der Waals surface area contributed by atoms with E-state index in [-0.39, 0.29) is 16.2 Å². The lowest BCUT2D eigenvalue weighted by Crippen LogP contribution is -2.53. The van der Waals surface area contributed by atoms with E-state index >= 15 is 0 Å². The molecule has 1 aromatic heterocycles. The minimum Gasteiger partial charge on any atom is -0.371 e. The van der Waals surface area contributed by atoms with Crippen molar-refractivity contribution < 1.29 is 16.8 Å². The Morgan fingerprint density at radius 3 is 2.09 bits per heavy atom. The molecule has 6 rings (SSSR count). The number of hydrogen-bond acceptors (Lipinski definition) is 7. The fourth-order valence-electron chi connectivity index (χ4n) is 8.43. The molecule has 2 aromatic carbocycles. The highest BCUT2D eigenvalue weighted by atomic mass is 32.2. The Morgan fingerprint density at radius 1 is 0.818 bits per heavy atom. The highest BCUT2D eigenvalue weighted by molar-refractivity contribution is 7.91. The number of hydrogen-bond donors (Lipinski definition) is 0. The van der Waals surface area contributed by atoms with Crippen LogP contribution < -0.4 is 4.90 Å². The normalized spacial score (nSPS) is 23.7. The van der Waals surface area contributed by atoms with Crippen LogP contribution in [0.1, 0.15) is 44.6 Å². The second-order valence-corrected chi connectivity index (χ2v) is 17.7. The number of benzene rings is 2. The molecule has 7 nitrogen and oxygen atoms in total. The van der Waals surface area contributed by atoms with Crippen molar-refractivity contribution in [1.29, 1.82) is 0 Å². The minimum absolute atomic E-state index is 0.0243. The van der Waals surface area contributed by atoms with E-state index in [4.69, 9.17) is 0 Å². The fourth-order valence-corrected chi connectivity index (χ4v) is 10.9. The van der Waals surface area contributed by atoms with Crippen molar-refractivity contribution in [2.75, 3.05) is 49.6 Å². The summed E-state index contributed by atoms with van der Waals surface area (Å²) in [5.74, 6) is 2.06. The average Bonchev–Trinajstić information content (AvgIpc) is 3.47. The first-order valence-electron chi connectivity index (χ1n) is 16.0. The molecule has 236 valence electrons. The van der Waals surface area contributed by atoms with Gasteiger partial charge in [0, 0.05) is 49.9 Å². The van der Waals surface area contributed by atoms with Crippen LogP contribution in [0.3, 0.4) is 0 Å². The van der Waals surface area contributed by atoms with Gasteiger partial charge in [-0.2, -0.15) is 0 Å². The molecule has 0 N–H and O–H groups in total.